The quantitative estimate of drug-likeness (QED) is 0.220. The van der Waals surface area contributed by atoms with Gasteiger partial charge < -0.3 is 24.2 Å². The van der Waals surface area contributed by atoms with Gasteiger partial charge in [-0.05, 0) is 111 Å². The Kier molecular flexibility index (Phi) is 12.2. The molecule has 2 aliphatic heterocycles. The van der Waals surface area contributed by atoms with Crippen molar-refractivity contribution in [1.29, 1.82) is 0 Å². The zero-order valence-corrected chi connectivity index (χ0v) is 31.5. The molecule has 0 radical (unpaired) electrons. The lowest BCUT2D eigenvalue weighted by Gasteiger charge is -2.45. The van der Waals surface area contributed by atoms with Crippen LogP contribution in [0.3, 0.4) is 0 Å². The molecule has 2 aliphatic carbocycles. The number of pyridine rings is 1. The number of anilines is 1. The predicted octanol–water partition coefficient (Wildman–Crippen LogP) is 6.95. The first-order valence-electron chi connectivity index (χ1n) is 17.9. The van der Waals surface area contributed by atoms with E-state index < -0.39 is 17.1 Å². The summed E-state index contributed by atoms with van der Waals surface area (Å²) in [4.78, 5) is 19.6. The first kappa shape index (κ1) is 37.5. The summed E-state index contributed by atoms with van der Waals surface area (Å²) in [6, 6.07) is 15.6. The van der Waals surface area contributed by atoms with Crippen LogP contribution in [0, 0.1) is 17.8 Å². The van der Waals surface area contributed by atoms with Gasteiger partial charge in [0.1, 0.15) is 16.7 Å². The number of amides is 1. The zero-order valence-electron chi connectivity index (χ0n) is 29.9. The summed E-state index contributed by atoms with van der Waals surface area (Å²) >= 11 is 6.39. The molecule has 3 heterocycles. The van der Waals surface area contributed by atoms with Gasteiger partial charge >= 0.3 is 0 Å². The van der Waals surface area contributed by atoms with Crippen LogP contribution in [-0.2, 0) is 32.3 Å². The lowest BCUT2D eigenvalue weighted by Crippen LogP contribution is -2.49. The number of benzene rings is 2. The standard InChI is InChI=1S/C32H39ClN2O4S.C8H11NO2/c1-20-5-3-7-29(36)26-11-8-24(26)17-35-18-32(14-4-6-22-15-25(33)10-12-27(22)32)19-39-30-13-9-23(16-28(30)35)31(37)34-40(38)21(20)2;1-10-8(11-2)7-4-3-5-9-6-7/h3,7,9-10,12-13,15-16,20-21,24,26,29,36H,4-6,8,11,14,17-19H2,1-2H3,(H,34,37);3-6,8H,1-2H3/b7-3+;/t20?,21?,24?,26?,29?,32-,40?;/m0./s1. The maximum Gasteiger partial charge on any atom is 0.263 e. The maximum atomic E-state index is 13.3. The first-order chi connectivity index (χ1) is 24.6. The number of carbonyl (C=O) groups is 1. The van der Waals surface area contributed by atoms with Crippen molar-refractivity contribution in [2.75, 3.05) is 38.8 Å². The molecule has 4 aliphatic rings. The molecule has 3 aromatic rings. The van der Waals surface area contributed by atoms with Crippen molar-refractivity contribution in [2.24, 2.45) is 17.8 Å². The molecule has 7 rings (SSSR count). The molecule has 7 atom stereocenters. The molecular formula is C40H50ClN3O6S. The van der Waals surface area contributed by atoms with E-state index in [0.717, 1.165) is 67.2 Å². The third-order valence-electron chi connectivity index (χ3n) is 11.2. The van der Waals surface area contributed by atoms with Gasteiger partial charge in [-0.1, -0.05) is 42.8 Å². The van der Waals surface area contributed by atoms with Crippen molar-refractivity contribution < 1.29 is 28.3 Å². The fraction of sp³-hybridized carbons (Fsp3) is 0.500. The summed E-state index contributed by atoms with van der Waals surface area (Å²) in [7, 11) is 1.67. The van der Waals surface area contributed by atoms with Crippen LogP contribution in [-0.4, -0.2) is 65.5 Å². The second kappa shape index (κ2) is 16.6. The molecule has 11 heteroatoms. The van der Waals surface area contributed by atoms with Crippen molar-refractivity contribution in [3.8, 4) is 5.75 Å². The Labute approximate surface area is 309 Å². The van der Waals surface area contributed by atoms with E-state index in [1.54, 1.807) is 32.7 Å². The number of allylic oxidation sites excluding steroid dienone is 1. The average molecular weight is 736 g/mol. The van der Waals surface area contributed by atoms with Crippen LogP contribution >= 0.6 is 11.6 Å². The highest BCUT2D eigenvalue weighted by Gasteiger charge is 2.44. The molecule has 1 saturated carbocycles. The zero-order chi connectivity index (χ0) is 36.1. The number of aromatic nitrogens is 1. The van der Waals surface area contributed by atoms with E-state index in [1.165, 1.54) is 11.1 Å². The number of nitrogens with one attached hydrogen (secondary N) is 1. The van der Waals surface area contributed by atoms with E-state index in [2.05, 4.69) is 26.7 Å². The number of ether oxygens (including phenoxy) is 3. The second-order valence-corrected chi connectivity index (χ2v) is 16.4. The van der Waals surface area contributed by atoms with Crippen LogP contribution in [0.1, 0.15) is 79.3 Å². The molecule has 0 saturated heterocycles. The summed E-state index contributed by atoms with van der Waals surface area (Å²) in [5.74, 6) is 1.05. The van der Waals surface area contributed by atoms with Crippen LogP contribution in [0.15, 0.2) is 73.1 Å². The summed E-state index contributed by atoms with van der Waals surface area (Å²) in [6.07, 6.45) is 12.4. The Morgan fingerprint density at radius 2 is 1.96 bits per heavy atom. The summed E-state index contributed by atoms with van der Waals surface area (Å²) < 4.78 is 32.4. The number of hydrogen-bond donors (Lipinski definition) is 2. The molecule has 2 bridgehead atoms. The van der Waals surface area contributed by atoms with Gasteiger partial charge in [0, 0.05) is 61.3 Å². The molecule has 1 amide bonds. The highest BCUT2D eigenvalue weighted by Crippen LogP contribution is 2.46. The van der Waals surface area contributed by atoms with Crippen molar-refractivity contribution in [3.05, 3.63) is 100 Å². The minimum absolute atomic E-state index is 0.0926. The summed E-state index contributed by atoms with van der Waals surface area (Å²) in [6.45, 7) is 6.02. The molecule has 9 nitrogen and oxygen atoms in total. The second-order valence-electron chi connectivity index (χ2n) is 14.4. The average Bonchev–Trinajstić information content (AvgIpc) is 3.27. The van der Waals surface area contributed by atoms with Crippen LogP contribution < -0.4 is 14.4 Å². The number of halogens is 1. The van der Waals surface area contributed by atoms with Gasteiger partial charge in [-0.3, -0.25) is 14.5 Å². The minimum atomic E-state index is -1.53. The molecule has 1 spiro atoms. The highest BCUT2D eigenvalue weighted by molar-refractivity contribution is 7.84. The number of aryl methyl sites for hydroxylation is 1. The van der Waals surface area contributed by atoms with Gasteiger partial charge in [-0.15, -0.1) is 0 Å². The number of hydrogen-bond acceptors (Lipinski definition) is 8. The molecule has 1 fully saturated rings. The van der Waals surface area contributed by atoms with Crippen LogP contribution in [0.4, 0.5) is 5.69 Å². The van der Waals surface area contributed by atoms with Gasteiger partial charge in [-0.2, -0.15) is 0 Å². The lowest BCUT2D eigenvalue weighted by molar-refractivity contribution is -0.106. The van der Waals surface area contributed by atoms with E-state index in [0.29, 0.717) is 24.5 Å². The Morgan fingerprint density at radius 3 is 2.69 bits per heavy atom. The van der Waals surface area contributed by atoms with Gasteiger partial charge in [0.05, 0.1) is 23.6 Å². The molecule has 274 valence electrons. The molecule has 51 heavy (non-hydrogen) atoms. The molecular weight excluding hydrogens is 686 g/mol. The number of fused-ring (bicyclic) bond motifs is 4. The summed E-state index contributed by atoms with van der Waals surface area (Å²) in [5, 5.41) is 11.6. The monoisotopic (exact) mass is 735 g/mol. The number of aliphatic hydroxyl groups excluding tert-OH is 1. The molecule has 2 N–H and O–H groups in total. The first-order valence-corrected chi connectivity index (χ1v) is 19.5. The van der Waals surface area contributed by atoms with Crippen LogP contribution in [0.5, 0.6) is 5.75 Å². The van der Waals surface area contributed by atoms with Crippen molar-refractivity contribution >= 4 is 34.2 Å². The highest BCUT2D eigenvalue weighted by atomic mass is 35.5. The van der Waals surface area contributed by atoms with Gasteiger partial charge in [0.2, 0.25) is 0 Å². The number of methoxy groups -OCH3 is 2. The van der Waals surface area contributed by atoms with E-state index >= 15 is 0 Å². The fourth-order valence-corrected chi connectivity index (χ4v) is 9.13. The van der Waals surface area contributed by atoms with Crippen molar-refractivity contribution in [1.82, 2.24) is 9.71 Å². The molecule has 6 unspecified atom stereocenters. The minimum Gasteiger partial charge on any atom is -0.490 e. The maximum absolute atomic E-state index is 13.3. The number of nitrogens with zero attached hydrogens (tertiary/aromatic N) is 2. The third-order valence-corrected chi connectivity index (χ3v) is 13.0. The van der Waals surface area contributed by atoms with E-state index in [-0.39, 0.29) is 34.7 Å². The van der Waals surface area contributed by atoms with E-state index in [9.17, 15) is 14.1 Å². The van der Waals surface area contributed by atoms with Crippen molar-refractivity contribution in [3.63, 3.8) is 0 Å². The largest absolute Gasteiger partial charge is 0.490 e. The van der Waals surface area contributed by atoms with Crippen LogP contribution in [0.2, 0.25) is 5.02 Å². The Balaban J connectivity index is 0.000000349. The normalized spacial score (nSPS) is 29.6. The van der Waals surface area contributed by atoms with Gasteiger partial charge in [0.25, 0.3) is 5.91 Å². The van der Waals surface area contributed by atoms with Crippen molar-refractivity contribution in [2.45, 2.75) is 75.4 Å². The predicted molar refractivity (Wildman–Crippen MR) is 201 cm³/mol. The SMILES string of the molecule is CC1C/C=C/C(O)C2CCC2CN2C[C@@]3(CCCc4cc(Cl)ccc43)COc3ccc(cc32)C(=O)NS(=O)C1C.COC(OC)c1cccnc1. The number of aliphatic hydroxyl groups is 1. The summed E-state index contributed by atoms with van der Waals surface area (Å²) in [5.41, 5.74) is 4.68. The van der Waals surface area contributed by atoms with Gasteiger partial charge in [-0.25, -0.2) is 4.21 Å². The topological polar surface area (TPSA) is 110 Å². The smallest absolute Gasteiger partial charge is 0.263 e. The van der Waals surface area contributed by atoms with Crippen LogP contribution in [0.25, 0.3) is 0 Å². The molecule has 1 aromatic heterocycles. The lowest BCUT2D eigenvalue weighted by atomic mass is 9.68. The number of rotatable bonds is 3. The van der Waals surface area contributed by atoms with Gasteiger partial charge in [0.15, 0.2) is 6.29 Å². The Bertz CT molecular complexity index is 1720. The third kappa shape index (κ3) is 8.36. The number of carbonyl (C=O) groups excluding carboxylic acids is 1. The van der Waals surface area contributed by atoms with E-state index in [4.69, 9.17) is 25.8 Å². The fourth-order valence-electron chi connectivity index (χ4n) is 7.91. The Morgan fingerprint density at radius 1 is 1.14 bits per heavy atom. The van der Waals surface area contributed by atoms with E-state index in [1.807, 2.05) is 56.3 Å². The molecule has 2 aromatic carbocycles. The Hall–Kier alpha value is -3.28.